The zero-order chi connectivity index (χ0) is 13.7. The molecule has 0 aliphatic rings. The Morgan fingerprint density at radius 1 is 1.11 bits per heavy atom. The van der Waals surface area contributed by atoms with Crippen LogP contribution in [0.4, 0.5) is 0 Å². The fourth-order valence-electron chi connectivity index (χ4n) is 1.48. The van der Waals surface area contributed by atoms with Gasteiger partial charge in [-0.3, -0.25) is 5.32 Å². The van der Waals surface area contributed by atoms with Gasteiger partial charge in [0.1, 0.15) is 5.54 Å². The molecule has 106 valence electrons. The number of nitrogens with zero attached hydrogens (tertiary/aromatic N) is 1. The Balaban J connectivity index is 3.37. The highest BCUT2D eigenvalue weighted by Crippen LogP contribution is 2.07. The Morgan fingerprint density at radius 2 is 1.78 bits per heavy atom. The van der Waals surface area contributed by atoms with E-state index < -0.39 is 5.54 Å². The van der Waals surface area contributed by atoms with Crippen LogP contribution in [0, 0.1) is 11.3 Å². The summed E-state index contributed by atoms with van der Waals surface area (Å²) in [6.07, 6.45) is 1.59. The third-order valence-electron chi connectivity index (χ3n) is 2.57. The van der Waals surface area contributed by atoms with Crippen LogP contribution >= 0.6 is 0 Å². The third-order valence-corrected chi connectivity index (χ3v) is 2.57. The average Bonchev–Trinajstić information content (AvgIpc) is 2.37. The molecular formula is C13H26N2O3. The van der Waals surface area contributed by atoms with Crippen molar-refractivity contribution in [2.24, 2.45) is 0 Å². The summed E-state index contributed by atoms with van der Waals surface area (Å²) in [7, 11) is 1.68. The van der Waals surface area contributed by atoms with E-state index in [0.717, 1.165) is 19.6 Å². The lowest BCUT2D eigenvalue weighted by Gasteiger charge is -2.22. The Morgan fingerprint density at radius 3 is 2.33 bits per heavy atom. The molecule has 5 heteroatoms. The Hall–Kier alpha value is -0.670. The smallest absolute Gasteiger partial charge is 0.106 e. The topological polar surface area (TPSA) is 63.5 Å². The lowest BCUT2D eigenvalue weighted by molar-refractivity contribution is 0.0355. The van der Waals surface area contributed by atoms with Gasteiger partial charge < -0.3 is 14.2 Å². The SMILES string of the molecule is CCNC(C)(C#N)CCOCCOCCCOC. The molecule has 0 heterocycles. The first-order valence-corrected chi connectivity index (χ1v) is 6.49. The first-order chi connectivity index (χ1) is 8.68. The van der Waals surface area contributed by atoms with Gasteiger partial charge in [-0.15, -0.1) is 0 Å². The van der Waals surface area contributed by atoms with E-state index in [1.807, 2.05) is 13.8 Å². The summed E-state index contributed by atoms with van der Waals surface area (Å²) in [6, 6.07) is 2.27. The van der Waals surface area contributed by atoms with Gasteiger partial charge in [-0.25, -0.2) is 0 Å². The Labute approximate surface area is 110 Å². The highest BCUT2D eigenvalue weighted by atomic mass is 16.5. The highest BCUT2D eigenvalue weighted by Gasteiger charge is 2.21. The molecule has 0 radical (unpaired) electrons. The molecule has 1 N–H and O–H groups in total. The zero-order valence-corrected chi connectivity index (χ0v) is 11.8. The molecule has 0 aromatic rings. The summed E-state index contributed by atoms with van der Waals surface area (Å²) in [5.74, 6) is 0. The maximum absolute atomic E-state index is 9.03. The van der Waals surface area contributed by atoms with Gasteiger partial charge in [0.25, 0.3) is 0 Å². The van der Waals surface area contributed by atoms with Gasteiger partial charge in [0, 0.05) is 33.4 Å². The van der Waals surface area contributed by atoms with Crippen molar-refractivity contribution >= 4 is 0 Å². The third kappa shape index (κ3) is 9.37. The summed E-state index contributed by atoms with van der Waals surface area (Å²) in [5.41, 5.74) is -0.492. The number of nitriles is 1. The quantitative estimate of drug-likeness (QED) is 0.535. The monoisotopic (exact) mass is 258 g/mol. The number of methoxy groups -OCH3 is 1. The maximum Gasteiger partial charge on any atom is 0.106 e. The molecule has 0 rings (SSSR count). The average molecular weight is 258 g/mol. The molecule has 0 aliphatic heterocycles. The first kappa shape index (κ1) is 17.3. The highest BCUT2D eigenvalue weighted by molar-refractivity contribution is 5.03. The van der Waals surface area contributed by atoms with Gasteiger partial charge in [0.2, 0.25) is 0 Å². The second-order valence-electron chi connectivity index (χ2n) is 4.30. The molecule has 1 unspecified atom stereocenters. The van der Waals surface area contributed by atoms with Crippen LogP contribution in [-0.4, -0.2) is 52.2 Å². The van der Waals surface area contributed by atoms with Crippen LogP contribution in [-0.2, 0) is 14.2 Å². The van der Waals surface area contributed by atoms with Crippen LogP contribution in [0.2, 0.25) is 0 Å². The van der Waals surface area contributed by atoms with Gasteiger partial charge in [-0.2, -0.15) is 5.26 Å². The first-order valence-electron chi connectivity index (χ1n) is 6.49. The van der Waals surface area contributed by atoms with Crippen LogP contribution in [0.5, 0.6) is 0 Å². The van der Waals surface area contributed by atoms with E-state index in [1.54, 1.807) is 7.11 Å². The number of hydrogen-bond acceptors (Lipinski definition) is 5. The van der Waals surface area contributed by atoms with Crippen molar-refractivity contribution < 1.29 is 14.2 Å². The fourth-order valence-corrected chi connectivity index (χ4v) is 1.48. The van der Waals surface area contributed by atoms with Gasteiger partial charge in [-0.1, -0.05) is 6.92 Å². The van der Waals surface area contributed by atoms with E-state index in [2.05, 4.69) is 11.4 Å². The minimum Gasteiger partial charge on any atom is -0.385 e. The number of nitrogens with one attached hydrogen (secondary N) is 1. The minimum atomic E-state index is -0.492. The molecule has 0 saturated heterocycles. The summed E-state index contributed by atoms with van der Waals surface area (Å²) < 4.78 is 15.7. The van der Waals surface area contributed by atoms with Crippen molar-refractivity contribution in [2.75, 3.05) is 46.7 Å². The van der Waals surface area contributed by atoms with Gasteiger partial charge >= 0.3 is 0 Å². The van der Waals surface area contributed by atoms with Gasteiger partial charge in [0.05, 0.1) is 19.3 Å². The van der Waals surface area contributed by atoms with Crippen LogP contribution in [0.15, 0.2) is 0 Å². The van der Waals surface area contributed by atoms with E-state index in [0.29, 0.717) is 32.8 Å². The summed E-state index contributed by atoms with van der Waals surface area (Å²) in [4.78, 5) is 0. The standard InChI is InChI=1S/C13H26N2O3/c1-4-15-13(2,12-14)6-9-18-11-10-17-8-5-7-16-3/h15H,4-11H2,1-3H3. The normalized spacial score (nSPS) is 14.1. The molecule has 0 aromatic carbocycles. The van der Waals surface area contributed by atoms with Crippen LogP contribution in [0.1, 0.15) is 26.7 Å². The fraction of sp³-hybridized carbons (Fsp3) is 0.923. The molecule has 5 nitrogen and oxygen atoms in total. The molecule has 1 atom stereocenters. The van der Waals surface area contributed by atoms with Crippen molar-refractivity contribution in [1.82, 2.24) is 5.32 Å². The van der Waals surface area contributed by atoms with Crippen molar-refractivity contribution in [3.05, 3.63) is 0 Å². The molecule has 0 amide bonds. The van der Waals surface area contributed by atoms with E-state index >= 15 is 0 Å². The second-order valence-corrected chi connectivity index (χ2v) is 4.30. The van der Waals surface area contributed by atoms with Crippen LogP contribution < -0.4 is 5.32 Å². The molecule has 0 saturated carbocycles. The van der Waals surface area contributed by atoms with Gasteiger partial charge in [-0.05, 0) is 19.9 Å². The predicted molar refractivity (Wildman–Crippen MR) is 70.4 cm³/mol. The second kappa shape index (κ2) is 11.4. The summed E-state index contributed by atoms with van der Waals surface area (Å²) >= 11 is 0. The molecule has 0 fully saturated rings. The van der Waals surface area contributed by atoms with Crippen molar-refractivity contribution in [1.29, 1.82) is 5.26 Å². The van der Waals surface area contributed by atoms with E-state index in [-0.39, 0.29) is 0 Å². The van der Waals surface area contributed by atoms with E-state index in [9.17, 15) is 0 Å². The van der Waals surface area contributed by atoms with E-state index in [1.165, 1.54) is 0 Å². The van der Waals surface area contributed by atoms with E-state index in [4.69, 9.17) is 19.5 Å². The largest absolute Gasteiger partial charge is 0.385 e. The Bertz CT molecular complexity index is 231. The molecular weight excluding hydrogens is 232 g/mol. The van der Waals surface area contributed by atoms with Crippen molar-refractivity contribution in [2.45, 2.75) is 32.2 Å². The maximum atomic E-state index is 9.03. The van der Waals surface area contributed by atoms with Crippen LogP contribution in [0.3, 0.4) is 0 Å². The van der Waals surface area contributed by atoms with Crippen molar-refractivity contribution in [3.8, 4) is 6.07 Å². The van der Waals surface area contributed by atoms with Crippen LogP contribution in [0.25, 0.3) is 0 Å². The summed E-state index contributed by atoms with van der Waals surface area (Å²) in [5, 5.41) is 12.2. The molecule has 0 aromatic heterocycles. The zero-order valence-electron chi connectivity index (χ0n) is 11.8. The minimum absolute atomic E-state index is 0.492. The number of ether oxygens (including phenoxy) is 3. The molecule has 0 bridgehead atoms. The number of hydrogen-bond donors (Lipinski definition) is 1. The van der Waals surface area contributed by atoms with Crippen molar-refractivity contribution in [3.63, 3.8) is 0 Å². The Kier molecular flexibility index (Phi) is 11.0. The lowest BCUT2D eigenvalue weighted by Crippen LogP contribution is -2.41. The molecule has 0 aliphatic carbocycles. The number of rotatable bonds is 12. The lowest BCUT2D eigenvalue weighted by atomic mass is 10.0. The molecule has 0 spiro atoms. The predicted octanol–water partition coefficient (Wildman–Crippen LogP) is 1.34. The summed E-state index contributed by atoms with van der Waals surface area (Å²) in [6.45, 7) is 7.82. The molecule has 18 heavy (non-hydrogen) atoms. The van der Waals surface area contributed by atoms with Gasteiger partial charge in [0.15, 0.2) is 0 Å².